The van der Waals surface area contributed by atoms with Gasteiger partial charge in [0.25, 0.3) is 0 Å². The van der Waals surface area contributed by atoms with E-state index < -0.39 is 6.10 Å². The molecule has 3 N–H and O–H groups in total. The van der Waals surface area contributed by atoms with E-state index in [0.29, 0.717) is 11.4 Å². The smallest absolute Gasteiger partial charge is 0.0732 e. The minimum Gasteiger partial charge on any atom is -0.391 e. The Morgan fingerprint density at radius 3 is 2.62 bits per heavy atom. The van der Waals surface area contributed by atoms with Crippen molar-refractivity contribution in [2.45, 2.75) is 31.9 Å². The fourth-order valence-corrected chi connectivity index (χ4v) is 1.93. The molecule has 0 aliphatic heterocycles. The van der Waals surface area contributed by atoms with Gasteiger partial charge >= 0.3 is 0 Å². The molecule has 1 rings (SSSR count). The molecule has 0 aliphatic carbocycles. The minimum atomic E-state index is -0.497. The van der Waals surface area contributed by atoms with Crippen LogP contribution in [0.4, 0.5) is 0 Å². The number of hydrogen-bond acceptors (Lipinski definition) is 2. The van der Waals surface area contributed by atoms with Crippen molar-refractivity contribution in [1.82, 2.24) is 0 Å². The van der Waals surface area contributed by atoms with E-state index >= 15 is 0 Å². The monoisotopic (exact) mass is 327 g/mol. The van der Waals surface area contributed by atoms with Crippen molar-refractivity contribution < 1.29 is 5.11 Å². The van der Waals surface area contributed by atoms with E-state index in [0.717, 1.165) is 16.5 Å². The van der Waals surface area contributed by atoms with E-state index in [9.17, 15) is 5.11 Å². The molecule has 0 spiro atoms. The summed E-state index contributed by atoms with van der Waals surface area (Å²) in [6, 6.07) is 5.13. The molecule has 0 saturated heterocycles. The van der Waals surface area contributed by atoms with Crippen molar-refractivity contribution in [3.63, 3.8) is 0 Å². The van der Waals surface area contributed by atoms with Crippen molar-refractivity contribution in [1.29, 1.82) is 0 Å². The predicted molar refractivity (Wildman–Crippen MR) is 74.2 cm³/mol. The average Bonchev–Trinajstić information content (AvgIpc) is 2.21. The van der Waals surface area contributed by atoms with Gasteiger partial charge in [-0.25, -0.2) is 0 Å². The Hall–Kier alpha value is 0.200. The van der Waals surface area contributed by atoms with Gasteiger partial charge in [0.05, 0.1) is 17.2 Å². The molecule has 1 aromatic carbocycles. The summed E-state index contributed by atoms with van der Waals surface area (Å²) in [6.07, 6.45) is 1.13. The molecule has 2 nitrogen and oxygen atoms in total. The SMILES string of the molecule is CCC[C@H](O)[C@H](N)c1ccc(Cl)c(Br)c1.Cl. The number of nitrogens with two attached hydrogens (primary N) is 1. The second-order valence-electron chi connectivity index (χ2n) is 3.56. The van der Waals surface area contributed by atoms with Gasteiger partial charge in [0.2, 0.25) is 0 Å². The van der Waals surface area contributed by atoms with E-state index in [4.69, 9.17) is 17.3 Å². The Morgan fingerprint density at radius 2 is 2.12 bits per heavy atom. The van der Waals surface area contributed by atoms with E-state index in [1.165, 1.54) is 0 Å². The van der Waals surface area contributed by atoms with Crippen LogP contribution in [0.2, 0.25) is 5.02 Å². The zero-order valence-corrected chi connectivity index (χ0v) is 12.1. The number of aliphatic hydroxyl groups excluding tert-OH is 1. The molecule has 0 aromatic heterocycles. The second kappa shape index (κ2) is 7.51. The summed E-state index contributed by atoms with van der Waals surface area (Å²) in [6.45, 7) is 2.02. The van der Waals surface area contributed by atoms with Crippen molar-refractivity contribution in [2.24, 2.45) is 5.73 Å². The van der Waals surface area contributed by atoms with E-state index in [2.05, 4.69) is 15.9 Å². The number of halogens is 3. The molecular weight excluding hydrogens is 313 g/mol. The average molecular weight is 329 g/mol. The fourth-order valence-electron chi connectivity index (χ4n) is 1.42. The van der Waals surface area contributed by atoms with Crippen LogP contribution in [0.3, 0.4) is 0 Å². The van der Waals surface area contributed by atoms with E-state index in [1.807, 2.05) is 19.1 Å². The van der Waals surface area contributed by atoms with Crippen molar-refractivity contribution in [3.05, 3.63) is 33.3 Å². The van der Waals surface area contributed by atoms with Crippen LogP contribution in [0.1, 0.15) is 31.4 Å². The Bertz CT molecular complexity index is 336. The van der Waals surface area contributed by atoms with Crippen LogP contribution in [0.25, 0.3) is 0 Å². The third kappa shape index (κ3) is 4.22. The fraction of sp³-hybridized carbons (Fsp3) is 0.455. The lowest BCUT2D eigenvalue weighted by atomic mass is 9.99. The zero-order chi connectivity index (χ0) is 11.4. The highest BCUT2D eigenvalue weighted by Crippen LogP contribution is 2.27. The van der Waals surface area contributed by atoms with Gasteiger partial charge in [-0.1, -0.05) is 31.0 Å². The summed E-state index contributed by atoms with van der Waals surface area (Å²) in [4.78, 5) is 0. The van der Waals surface area contributed by atoms with E-state index in [-0.39, 0.29) is 18.4 Å². The number of rotatable bonds is 4. The Balaban J connectivity index is 0.00000225. The van der Waals surface area contributed by atoms with Crippen LogP contribution in [0, 0.1) is 0 Å². The Morgan fingerprint density at radius 1 is 1.50 bits per heavy atom. The first-order valence-corrected chi connectivity index (χ1v) is 6.12. The van der Waals surface area contributed by atoms with Gasteiger partial charge < -0.3 is 10.8 Å². The Kier molecular flexibility index (Phi) is 7.61. The summed E-state index contributed by atoms with van der Waals surface area (Å²) in [5.41, 5.74) is 6.83. The summed E-state index contributed by atoms with van der Waals surface area (Å²) < 4.78 is 0.806. The van der Waals surface area contributed by atoms with Gasteiger partial charge in [0.1, 0.15) is 0 Å². The first-order chi connectivity index (χ1) is 7.06. The van der Waals surface area contributed by atoms with Crippen molar-refractivity contribution >= 4 is 39.9 Å². The zero-order valence-electron chi connectivity index (χ0n) is 8.99. The Labute approximate surface area is 116 Å². The van der Waals surface area contributed by atoms with Gasteiger partial charge in [-0.3, -0.25) is 0 Å². The second-order valence-corrected chi connectivity index (χ2v) is 4.82. The van der Waals surface area contributed by atoms with Crippen LogP contribution in [0.15, 0.2) is 22.7 Å². The maximum Gasteiger partial charge on any atom is 0.0732 e. The lowest BCUT2D eigenvalue weighted by Gasteiger charge is -2.19. The molecule has 16 heavy (non-hydrogen) atoms. The lowest BCUT2D eigenvalue weighted by molar-refractivity contribution is 0.134. The first kappa shape index (κ1) is 16.2. The van der Waals surface area contributed by atoms with Gasteiger partial charge in [-0.15, -0.1) is 12.4 Å². The number of benzene rings is 1. The van der Waals surface area contributed by atoms with E-state index in [1.54, 1.807) is 6.07 Å². The molecule has 0 bridgehead atoms. The summed E-state index contributed by atoms with van der Waals surface area (Å²) in [5, 5.41) is 10.4. The largest absolute Gasteiger partial charge is 0.391 e. The molecule has 1 aromatic rings. The standard InChI is InChI=1S/C11H15BrClNO.ClH/c1-2-3-10(15)11(14)7-4-5-9(13)8(12)6-7;/h4-6,10-11,15H,2-3,14H2,1H3;1H/t10-,11+;/m0./s1. The molecule has 0 saturated carbocycles. The molecular formula is C11H16BrCl2NO. The number of hydrogen-bond donors (Lipinski definition) is 2. The maximum atomic E-state index is 9.76. The maximum absolute atomic E-state index is 9.76. The van der Waals surface area contributed by atoms with Gasteiger partial charge in [-0.2, -0.15) is 0 Å². The van der Waals surface area contributed by atoms with Crippen LogP contribution < -0.4 is 5.73 Å². The molecule has 5 heteroatoms. The highest BCUT2D eigenvalue weighted by atomic mass is 79.9. The normalized spacial score (nSPS) is 14.1. The molecule has 0 amide bonds. The highest BCUT2D eigenvalue weighted by molar-refractivity contribution is 9.10. The van der Waals surface area contributed by atoms with Gasteiger partial charge in [0, 0.05) is 4.47 Å². The predicted octanol–water partition coefficient (Wildman–Crippen LogP) is 3.69. The third-order valence-corrected chi connectivity index (χ3v) is 3.54. The summed E-state index contributed by atoms with van der Waals surface area (Å²) in [7, 11) is 0. The topological polar surface area (TPSA) is 46.2 Å². The highest BCUT2D eigenvalue weighted by Gasteiger charge is 2.16. The molecule has 92 valence electrons. The van der Waals surface area contributed by atoms with Crippen molar-refractivity contribution in [2.75, 3.05) is 0 Å². The summed E-state index contributed by atoms with van der Waals surface area (Å²) in [5.74, 6) is 0. The van der Waals surface area contributed by atoms with Crippen molar-refractivity contribution in [3.8, 4) is 0 Å². The van der Waals surface area contributed by atoms with Gasteiger partial charge in [0.15, 0.2) is 0 Å². The minimum absolute atomic E-state index is 0. The molecule has 0 aliphatic rings. The molecule has 0 radical (unpaired) electrons. The third-order valence-electron chi connectivity index (χ3n) is 2.33. The lowest BCUT2D eigenvalue weighted by Crippen LogP contribution is -2.25. The molecule has 0 unspecified atom stereocenters. The quantitative estimate of drug-likeness (QED) is 0.885. The summed E-state index contributed by atoms with van der Waals surface area (Å²) >= 11 is 9.21. The molecule has 0 fully saturated rings. The van der Waals surface area contributed by atoms with Crippen LogP contribution in [0.5, 0.6) is 0 Å². The molecule has 2 atom stereocenters. The van der Waals surface area contributed by atoms with Crippen LogP contribution >= 0.6 is 39.9 Å². The molecule has 0 heterocycles. The number of aliphatic hydroxyl groups is 1. The van der Waals surface area contributed by atoms with Gasteiger partial charge in [-0.05, 0) is 40.0 Å². The first-order valence-electron chi connectivity index (χ1n) is 4.94. The van der Waals surface area contributed by atoms with Crippen LogP contribution in [-0.2, 0) is 0 Å². The van der Waals surface area contributed by atoms with Crippen LogP contribution in [-0.4, -0.2) is 11.2 Å².